The fraction of sp³-hybridized carbons (Fsp3) is 0.348. The molecule has 0 aromatic heterocycles. The first-order valence-corrected chi connectivity index (χ1v) is 9.64. The molecule has 160 valence electrons. The molecule has 2 amide bonds. The highest BCUT2D eigenvalue weighted by molar-refractivity contribution is 5.98. The molecule has 2 aromatic rings. The van der Waals surface area contributed by atoms with Crippen LogP contribution in [0.4, 0.5) is 5.69 Å². The monoisotopic (exact) mass is 412 g/mol. The molecule has 0 aliphatic carbocycles. The first-order valence-electron chi connectivity index (χ1n) is 9.64. The summed E-state index contributed by atoms with van der Waals surface area (Å²) in [5, 5.41) is 5.15. The summed E-state index contributed by atoms with van der Waals surface area (Å²) in [6, 6.07) is 14.1. The number of anilines is 1. The van der Waals surface area contributed by atoms with Crippen LogP contribution in [0, 0.1) is 0 Å². The van der Waals surface area contributed by atoms with Crippen LogP contribution in [0.2, 0.25) is 0 Å². The van der Waals surface area contributed by atoms with Gasteiger partial charge in [-0.25, -0.2) is 0 Å². The summed E-state index contributed by atoms with van der Waals surface area (Å²) >= 11 is 0. The second-order valence-corrected chi connectivity index (χ2v) is 7.83. The molecule has 0 aliphatic rings. The SMILES string of the molecule is COc1ccccc1NC(=O)[C@@H](C)OC(=O)CNC(=O)c1ccc(C(C)(C)C)cc1. The van der Waals surface area contributed by atoms with Gasteiger partial charge in [-0.3, -0.25) is 14.4 Å². The highest BCUT2D eigenvalue weighted by Gasteiger charge is 2.20. The van der Waals surface area contributed by atoms with E-state index in [1.807, 2.05) is 12.1 Å². The molecule has 0 aliphatic heterocycles. The van der Waals surface area contributed by atoms with E-state index in [-0.39, 0.29) is 12.0 Å². The summed E-state index contributed by atoms with van der Waals surface area (Å²) in [6.07, 6.45) is -1.04. The van der Waals surface area contributed by atoms with E-state index in [1.54, 1.807) is 36.4 Å². The molecule has 0 heterocycles. The first kappa shape index (κ1) is 22.9. The third-order valence-corrected chi connectivity index (χ3v) is 4.45. The summed E-state index contributed by atoms with van der Waals surface area (Å²) in [6.45, 7) is 7.37. The van der Waals surface area contributed by atoms with Crippen LogP contribution in [0.25, 0.3) is 0 Å². The third-order valence-electron chi connectivity index (χ3n) is 4.45. The Morgan fingerprint density at radius 2 is 1.63 bits per heavy atom. The minimum absolute atomic E-state index is 0.0146. The molecule has 0 radical (unpaired) electrons. The molecule has 2 rings (SSSR count). The van der Waals surface area contributed by atoms with Gasteiger partial charge >= 0.3 is 5.97 Å². The Morgan fingerprint density at radius 1 is 1.00 bits per heavy atom. The van der Waals surface area contributed by atoms with E-state index in [1.165, 1.54) is 14.0 Å². The van der Waals surface area contributed by atoms with Crippen molar-refractivity contribution in [2.45, 2.75) is 39.2 Å². The third kappa shape index (κ3) is 6.34. The number of para-hydroxylation sites is 2. The molecular formula is C23H28N2O5. The smallest absolute Gasteiger partial charge is 0.326 e. The Hall–Kier alpha value is -3.35. The number of esters is 1. The molecule has 0 spiro atoms. The van der Waals surface area contributed by atoms with Crippen LogP contribution in [0.3, 0.4) is 0 Å². The number of carbonyl (C=O) groups excluding carboxylic acids is 3. The van der Waals surface area contributed by atoms with Gasteiger partial charge in [-0.15, -0.1) is 0 Å². The Bertz CT molecular complexity index is 901. The van der Waals surface area contributed by atoms with E-state index in [4.69, 9.17) is 9.47 Å². The van der Waals surface area contributed by atoms with Gasteiger partial charge in [-0.05, 0) is 42.2 Å². The topological polar surface area (TPSA) is 93.7 Å². The van der Waals surface area contributed by atoms with Crippen molar-refractivity contribution in [2.75, 3.05) is 19.0 Å². The van der Waals surface area contributed by atoms with Crippen LogP contribution < -0.4 is 15.4 Å². The Labute approximate surface area is 176 Å². The van der Waals surface area contributed by atoms with Crippen LogP contribution in [0.15, 0.2) is 48.5 Å². The number of hydrogen-bond acceptors (Lipinski definition) is 5. The van der Waals surface area contributed by atoms with Gasteiger partial charge in [0.2, 0.25) is 0 Å². The summed E-state index contributed by atoms with van der Waals surface area (Å²) in [5.41, 5.74) is 2.00. The summed E-state index contributed by atoms with van der Waals surface area (Å²) in [7, 11) is 1.49. The average Bonchev–Trinajstić information content (AvgIpc) is 2.71. The van der Waals surface area contributed by atoms with Gasteiger partial charge in [0.15, 0.2) is 6.10 Å². The van der Waals surface area contributed by atoms with Crippen molar-refractivity contribution in [3.05, 3.63) is 59.7 Å². The lowest BCUT2D eigenvalue weighted by Crippen LogP contribution is -2.35. The lowest BCUT2D eigenvalue weighted by atomic mass is 9.87. The highest BCUT2D eigenvalue weighted by Crippen LogP contribution is 2.23. The van der Waals surface area contributed by atoms with Crippen LogP contribution in [-0.2, 0) is 19.7 Å². The van der Waals surface area contributed by atoms with Gasteiger partial charge in [0.1, 0.15) is 12.3 Å². The van der Waals surface area contributed by atoms with E-state index < -0.39 is 23.9 Å². The molecule has 1 atom stereocenters. The van der Waals surface area contributed by atoms with Crippen molar-refractivity contribution < 1.29 is 23.9 Å². The van der Waals surface area contributed by atoms with Crippen molar-refractivity contribution in [1.29, 1.82) is 0 Å². The first-order chi connectivity index (χ1) is 14.1. The molecule has 2 aromatic carbocycles. The van der Waals surface area contributed by atoms with Crippen LogP contribution in [0.5, 0.6) is 5.75 Å². The largest absolute Gasteiger partial charge is 0.495 e. The zero-order chi connectivity index (χ0) is 22.3. The fourth-order valence-corrected chi connectivity index (χ4v) is 2.65. The molecule has 2 N–H and O–H groups in total. The van der Waals surface area contributed by atoms with Gasteiger partial charge in [0.05, 0.1) is 12.8 Å². The van der Waals surface area contributed by atoms with E-state index >= 15 is 0 Å². The molecule has 7 heteroatoms. The molecular weight excluding hydrogens is 384 g/mol. The molecule has 7 nitrogen and oxygen atoms in total. The minimum atomic E-state index is -1.04. The number of benzene rings is 2. The van der Waals surface area contributed by atoms with E-state index in [0.29, 0.717) is 17.0 Å². The number of methoxy groups -OCH3 is 1. The zero-order valence-electron chi connectivity index (χ0n) is 17.9. The lowest BCUT2D eigenvalue weighted by Gasteiger charge is -2.19. The number of carbonyl (C=O) groups is 3. The maximum Gasteiger partial charge on any atom is 0.326 e. The maximum atomic E-state index is 12.3. The van der Waals surface area contributed by atoms with Gasteiger partial charge in [-0.2, -0.15) is 0 Å². The molecule has 0 unspecified atom stereocenters. The number of ether oxygens (including phenoxy) is 2. The van der Waals surface area contributed by atoms with Crippen LogP contribution in [0.1, 0.15) is 43.6 Å². The minimum Gasteiger partial charge on any atom is -0.495 e. The van der Waals surface area contributed by atoms with Gasteiger partial charge in [0.25, 0.3) is 11.8 Å². The number of hydrogen-bond donors (Lipinski definition) is 2. The predicted octanol–water partition coefficient (Wildman–Crippen LogP) is 3.29. The predicted molar refractivity (Wildman–Crippen MR) is 115 cm³/mol. The van der Waals surface area contributed by atoms with Crippen molar-refractivity contribution in [2.24, 2.45) is 0 Å². The van der Waals surface area contributed by atoms with E-state index in [9.17, 15) is 14.4 Å². The Kier molecular flexibility index (Phi) is 7.58. The number of nitrogens with one attached hydrogen (secondary N) is 2. The molecule has 0 bridgehead atoms. The summed E-state index contributed by atoms with van der Waals surface area (Å²) in [4.78, 5) is 36.5. The second-order valence-electron chi connectivity index (χ2n) is 7.83. The van der Waals surface area contributed by atoms with Crippen LogP contribution in [-0.4, -0.2) is 37.5 Å². The summed E-state index contributed by atoms with van der Waals surface area (Å²) < 4.78 is 10.3. The van der Waals surface area contributed by atoms with Crippen LogP contribution >= 0.6 is 0 Å². The number of amides is 2. The summed E-state index contributed by atoms with van der Waals surface area (Å²) in [5.74, 6) is -1.11. The fourth-order valence-electron chi connectivity index (χ4n) is 2.65. The second kappa shape index (κ2) is 9.91. The molecule has 0 saturated heterocycles. The Balaban J connectivity index is 1.84. The van der Waals surface area contributed by atoms with E-state index in [2.05, 4.69) is 31.4 Å². The normalized spacial score (nSPS) is 11.9. The Morgan fingerprint density at radius 3 is 2.23 bits per heavy atom. The van der Waals surface area contributed by atoms with Crippen molar-refractivity contribution >= 4 is 23.5 Å². The van der Waals surface area contributed by atoms with Gasteiger partial charge < -0.3 is 20.1 Å². The average molecular weight is 412 g/mol. The zero-order valence-corrected chi connectivity index (χ0v) is 17.9. The standard InChI is InChI=1S/C23H28N2O5/c1-15(21(27)25-18-8-6-7-9-19(18)29-5)30-20(26)14-24-22(28)16-10-12-17(13-11-16)23(2,3)4/h6-13,15H,14H2,1-5H3,(H,24,28)(H,25,27)/t15-/m1/s1. The molecule has 30 heavy (non-hydrogen) atoms. The lowest BCUT2D eigenvalue weighted by molar-refractivity contribution is -0.152. The van der Waals surface area contributed by atoms with E-state index in [0.717, 1.165) is 5.56 Å². The molecule has 0 saturated carbocycles. The van der Waals surface area contributed by atoms with Crippen molar-refractivity contribution in [3.63, 3.8) is 0 Å². The van der Waals surface area contributed by atoms with Crippen molar-refractivity contribution in [1.82, 2.24) is 5.32 Å². The number of rotatable bonds is 7. The van der Waals surface area contributed by atoms with Gasteiger partial charge in [0, 0.05) is 5.56 Å². The molecule has 0 fully saturated rings. The maximum absolute atomic E-state index is 12.3. The van der Waals surface area contributed by atoms with Gasteiger partial charge in [-0.1, -0.05) is 45.0 Å². The quantitative estimate of drug-likeness (QED) is 0.681. The highest BCUT2D eigenvalue weighted by atomic mass is 16.5. The van der Waals surface area contributed by atoms with Crippen molar-refractivity contribution in [3.8, 4) is 5.75 Å².